The number of pyridine rings is 1. The topological polar surface area (TPSA) is 42.1 Å². The molecule has 0 saturated heterocycles. The van der Waals surface area contributed by atoms with E-state index in [1.54, 1.807) is 7.11 Å². The van der Waals surface area contributed by atoms with Crippen molar-refractivity contribution in [3.63, 3.8) is 0 Å². The molecule has 4 aromatic carbocycles. The monoisotopic (exact) mass is 325 g/mol. The number of rotatable bonds is 1. The number of aromatic amines is 1. The van der Waals surface area contributed by atoms with Gasteiger partial charge in [-0.2, -0.15) is 0 Å². The van der Waals surface area contributed by atoms with E-state index in [0.29, 0.717) is 5.39 Å². The van der Waals surface area contributed by atoms with Crippen LogP contribution in [0.5, 0.6) is 5.75 Å². The van der Waals surface area contributed by atoms with Gasteiger partial charge < -0.3 is 9.72 Å². The van der Waals surface area contributed by atoms with Crippen LogP contribution in [0.2, 0.25) is 0 Å². The van der Waals surface area contributed by atoms with E-state index in [4.69, 9.17) is 4.74 Å². The first kappa shape index (κ1) is 14.1. The van der Waals surface area contributed by atoms with Crippen molar-refractivity contribution in [2.75, 3.05) is 7.11 Å². The van der Waals surface area contributed by atoms with Crippen molar-refractivity contribution in [1.82, 2.24) is 4.98 Å². The number of fused-ring (bicyclic) bond motifs is 5. The van der Waals surface area contributed by atoms with Gasteiger partial charge in [0.1, 0.15) is 5.75 Å². The summed E-state index contributed by atoms with van der Waals surface area (Å²) in [5.41, 5.74) is 1.68. The van der Waals surface area contributed by atoms with Crippen LogP contribution in [0.3, 0.4) is 0 Å². The van der Waals surface area contributed by atoms with Gasteiger partial charge in [0.15, 0.2) is 5.43 Å². The number of aromatic nitrogens is 1. The third-order valence-corrected chi connectivity index (χ3v) is 4.85. The Kier molecular flexibility index (Phi) is 2.86. The molecule has 0 aliphatic heterocycles. The Morgan fingerprint density at radius 1 is 0.760 bits per heavy atom. The van der Waals surface area contributed by atoms with Crippen molar-refractivity contribution in [3.8, 4) is 5.75 Å². The van der Waals surface area contributed by atoms with Gasteiger partial charge in [0, 0.05) is 11.5 Å². The number of ether oxygens (including phenoxy) is 1. The molecule has 0 aliphatic carbocycles. The molecular weight excluding hydrogens is 310 g/mol. The molecule has 3 heteroatoms. The second-order valence-electron chi connectivity index (χ2n) is 6.27. The highest BCUT2D eigenvalue weighted by Gasteiger charge is 2.10. The summed E-state index contributed by atoms with van der Waals surface area (Å²) in [7, 11) is 1.62. The predicted octanol–water partition coefficient (Wildman–Crippen LogP) is 5.00. The van der Waals surface area contributed by atoms with Crippen LogP contribution >= 0.6 is 0 Å². The van der Waals surface area contributed by atoms with Gasteiger partial charge in [-0.15, -0.1) is 0 Å². The predicted molar refractivity (Wildman–Crippen MR) is 104 cm³/mol. The third kappa shape index (κ3) is 2.02. The Hall–Kier alpha value is -3.33. The van der Waals surface area contributed by atoms with Crippen LogP contribution in [-0.2, 0) is 0 Å². The minimum Gasteiger partial charge on any atom is -0.497 e. The average molecular weight is 325 g/mol. The fourth-order valence-electron chi connectivity index (χ4n) is 3.59. The fourth-order valence-corrected chi connectivity index (χ4v) is 3.59. The van der Waals surface area contributed by atoms with Crippen LogP contribution < -0.4 is 10.2 Å². The molecule has 25 heavy (non-hydrogen) atoms. The van der Waals surface area contributed by atoms with Gasteiger partial charge in [0.05, 0.1) is 23.5 Å². The molecule has 5 rings (SSSR count). The molecule has 1 aromatic heterocycles. The Labute approximate surface area is 143 Å². The number of hydrogen-bond donors (Lipinski definition) is 1. The van der Waals surface area contributed by atoms with Crippen LogP contribution in [0.4, 0.5) is 0 Å². The zero-order valence-electron chi connectivity index (χ0n) is 13.7. The van der Waals surface area contributed by atoms with Gasteiger partial charge in [-0.25, -0.2) is 0 Å². The summed E-state index contributed by atoms with van der Waals surface area (Å²) in [5.74, 6) is 0.731. The average Bonchev–Trinajstić information content (AvgIpc) is 2.65. The number of hydrogen-bond acceptors (Lipinski definition) is 2. The molecule has 0 aliphatic rings. The largest absolute Gasteiger partial charge is 0.497 e. The van der Waals surface area contributed by atoms with Gasteiger partial charge in [0.2, 0.25) is 0 Å². The van der Waals surface area contributed by atoms with Crippen molar-refractivity contribution in [2.24, 2.45) is 0 Å². The minimum atomic E-state index is 0.0484. The molecule has 1 heterocycles. The van der Waals surface area contributed by atoms with E-state index >= 15 is 0 Å². The van der Waals surface area contributed by atoms with Crippen LogP contribution in [0, 0.1) is 0 Å². The Bertz CT molecular complexity index is 1350. The second kappa shape index (κ2) is 5.08. The van der Waals surface area contributed by atoms with E-state index in [1.807, 2.05) is 36.4 Å². The molecular formula is C22H15NO2. The van der Waals surface area contributed by atoms with Crippen LogP contribution in [0.15, 0.2) is 71.5 Å². The van der Waals surface area contributed by atoms with Crippen molar-refractivity contribution in [1.29, 1.82) is 0 Å². The molecule has 0 bridgehead atoms. The number of benzene rings is 4. The van der Waals surface area contributed by atoms with E-state index in [0.717, 1.165) is 38.3 Å². The van der Waals surface area contributed by atoms with Crippen molar-refractivity contribution >= 4 is 43.4 Å². The summed E-state index contributed by atoms with van der Waals surface area (Å²) in [6.07, 6.45) is 0. The molecule has 0 unspecified atom stereocenters. The summed E-state index contributed by atoms with van der Waals surface area (Å²) in [6.45, 7) is 0. The Morgan fingerprint density at radius 2 is 1.56 bits per heavy atom. The molecule has 120 valence electrons. The normalized spacial score (nSPS) is 11.6. The molecule has 0 radical (unpaired) electrons. The lowest BCUT2D eigenvalue weighted by Crippen LogP contribution is -2.05. The van der Waals surface area contributed by atoms with Crippen molar-refractivity contribution in [3.05, 3.63) is 77.0 Å². The van der Waals surface area contributed by atoms with Gasteiger partial charge in [0.25, 0.3) is 0 Å². The summed E-state index contributed by atoms with van der Waals surface area (Å²) in [5, 5.41) is 5.78. The Balaban J connectivity index is 1.99. The highest BCUT2D eigenvalue weighted by atomic mass is 16.5. The quantitative estimate of drug-likeness (QED) is 0.348. The van der Waals surface area contributed by atoms with Crippen molar-refractivity contribution in [2.45, 2.75) is 0 Å². The summed E-state index contributed by atoms with van der Waals surface area (Å²) in [4.78, 5) is 16.6. The zero-order valence-corrected chi connectivity index (χ0v) is 13.7. The molecule has 1 N–H and O–H groups in total. The first-order chi connectivity index (χ1) is 12.2. The maximum Gasteiger partial charge on any atom is 0.197 e. The minimum absolute atomic E-state index is 0.0484. The van der Waals surface area contributed by atoms with E-state index in [9.17, 15) is 4.79 Å². The third-order valence-electron chi connectivity index (χ3n) is 4.85. The van der Waals surface area contributed by atoms with E-state index in [2.05, 4.69) is 35.3 Å². The van der Waals surface area contributed by atoms with Crippen molar-refractivity contribution < 1.29 is 4.74 Å². The molecule has 5 aromatic rings. The number of methoxy groups -OCH3 is 1. The molecule has 0 amide bonds. The smallest absolute Gasteiger partial charge is 0.197 e. The fraction of sp³-hybridized carbons (Fsp3) is 0.0455. The standard InChI is InChI=1S/C22H15NO2/c1-25-16-7-8-17-20(12-16)23-19-9-6-15-10-13-4-2-3-5-14(13)11-18(15)21(19)22(17)24/h2-12H,1H3,(H,23,24). The van der Waals surface area contributed by atoms with Crippen LogP contribution in [0.1, 0.15) is 0 Å². The molecule has 0 atom stereocenters. The van der Waals surface area contributed by atoms with E-state index < -0.39 is 0 Å². The second-order valence-corrected chi connectivity index (χ2v) is 6.27. The molecule has 0 spiro atoms. The van der Waals surface area contributed by atoms with Crippen LogP contribution in [-0.4, -0.2) is 12.1 Å². The zero-order chi connectivity index (χ0) is 17.0. The van der Waals surface area contributed by atoms with Crippen LogP contribution in [0.25, 0.3) is 43.4 Å². The molecule has 0 fully saturated rings. The van der Waals surface area contributed by atoms with Gasteiger partial charge in [-0.3, -0.25) is 4.79 Å². The lowest BCUT2D eigenvalue weighted by molar-refractivity contribution is 0.415. The lowest BCUT2D eigenvalue weighted by Gasteiger charge is -2.09. The van der Waals surface area contributed by atoms with Gasteiger partial charge in [-0.05, 0) is 51.9 Å². The molecule has 0 saturated carbocycles. The maximum atomic E-state index is 13.2. The SMILES string of the molecule is COc1ccc2c(=O)c3c(ccc4cc5ccccc5cc43)[nH]c2c1. The van der Waals surface area contributed by atoms with Gasteiger partial charge in [-0.1, -0.05) is 30.3 Å². The number of nitrogens with one attached hydrogen (secondary N) is 1. The first-order valence-electron chi connectivity index (χ1n) is 8.20. The number of H-pyrrole nitrogens is 1. The lowest BCUT2D eigenvalue weighted by atomic mass is 9.99. The first-order valence-corrected chi connectivity index (χ1v) is 8.20. The molecule has 3 nitrogen and oxygen atoms in total. The van der Waals surface area contributed by atoms with E-state index in [-0.39, 0.29) is 5.43 Å². The Morgan fingerprint density at radius 3 is 2.36 bits per heavy atom. The van der Waals surface area contributed by atoms with Gasteiger partial charge >= 0.3 is 0 Å². The summed E-state index contributed by atoms with van der Waals surface area (Å²) < 4.78 is 5.27. The summed E-state index contributed by atoms with van der Waals surface area (Å²) >= 11 is 0. The summed E-state index contributed by atoms with van der Waals surface area (Å²) in [6, 6.07) is 22.0. The highest BCUT2D eigenvalue weighted by molar-refractivity contribution is 6.13. The maximum absolute atomic E-state index is 13.2. The van der Waals surface area contributed by atoms with E-state index in [1.165, 1.54) is 5.39 Å². The highest BCUT2D eigenvalue weighted by Crippen LogP contribution is 2.29.